The highest BCUT2D eigenvalue weighted by atomic mass is 19.4. The number of benzene rings is 1. The third kappa shape index (κ3) is 5.29. The molecule has 1 N–H and O–H groups in total. The van der Waals surface area contributed by atoms with E-state index in [0.29, 0.717) is 13.0 Å². The number of anilines is 1. The van der Waals surface area contributed by atoms with Crippen LogP contribution in [-0.2, 0) is 6.42 Å². The molecular formula is C14H14F3N3O. The first-order chi connectivity index (χ1) is 9.92. The third-order valence-electron chi connectivity index (χ3n) is 2.68. The summed E-state index contributed by atoms with van der Waals surface area (Å²) in [4.78, 5) is 8.05. The lowest BCUT2D eigenvalue weighted by molar-refractivity contribution is -0.274. The quantitative estimate of drug-likeness (QED) is 0.919. The molecule has 7 heteroatoms. The molecule has 0 radical (unpaired) electrons. The highest BCUT2D eigenvalue weighted by Gasteiger charge is 2.30. The summed E-state index contributed by atoms with van der Waals surface area (Å²) in [6, 6.07) is 7.64. The van der Waals surface area contributed by atoms with E-state index in [-0.39, 0.29) is 5.75 Å². The lowest BCUT2D eigenvalue weighted by Gasteiger charge is -2.09. The smallest absolute Gasteiger partial charge is 0.406 e. The lowest BCUT2D eigenvalue weighted by atomic mass is 10.1. The van der Waals surface area contributed by atoms with Crippen molar-refractivity contribution in [2.75, 3.05) is 11.9 Å². The van der Waals surface area contributed by atoms with Crippen LogP contribution in [0.3, 0.4) is 0 Å². The van der Waals surface area contributed by atoms with Gasteiger partial charge in [0, 0.05) is 18.3 Å². The predicted molar refractivity (Wildman–Crippen MR) is 72.1 cm³/mol. The van der Waals surface area contributed by atoms with Gasteiger partial charge in [-0.15, -0.1) is 13.2 Å². The van der Waals surface area contributed by atoms with Crippen molar-refractivity contribution in [3.8, 4) is 5.75 Å². The van der Waals surface area contributed by atoms with Gasteiger partial charge in [-0.05, 0) is 31.0 Å². The Hall–Kier alpha value is -2.31. The van der Waals surface area contributed by atoms with E-state index in [2.05, 4.69) is 20.0 Å². The molecule has 112 valence electrons. The zero-order chi connectivity index (χ0) is 15.3. The van der Waals surface area contributed by atoms with Gasteiger partial charge in [0.05, 0.1) is 0 Å². The van der Waals surface area contributed by atoms with Crippen LogP contribution < -0.4 is 10.1 Å². The van der Waals surface area contributed by atoms with E-state index >= 15 is 0 Å². The van der Waals surface area contributed by atoms with Crippen LogP contribution >= 0.6 is 0 Å². The Kier molecular flexibility index (Phi) is 4.62. The van der Waals surface area contributed by atoms with Crippen molar-refractivity contribution < 1.29 is 17.9 Å². The molecule has 0 aliphatic carbocycles. The fourth-order valence-electron chi connectivity index (χ4n) is 1.74. The third-order valence-corrected chi connectivity index (χ3v) is 2.68. The summed E-state index contributed by atoms with van der Waals surface area (Å²) < 4.78 is 39.9. The van der Waals surface area contributed by atoms with Gasteiger partial charge < -0.3 is 10.1 Å². The Morgan fingerprint density at radius 1 is 1.14 bits per heavy atom. The van der Waals surface area contributed by atoms with Gasteiger partial charge in [0.2, 0.25) is 0 Å². The Morgan fingerprint density at radius 3 is 2.48 bits per heavy atom. The number of aryl methyl sites for hydroxylation is 1. The Morgan fingerprint density at radius 2 is 1.86 bits per heavy atom. The fraction of sp³-hybridized carbons (Fsp3) is 0.286. The van der Waals surface area contributed by atoms with Crippen LogP contribution in [0.15, 0.2) is 36.7 Å². The first-order valence-corrected chi connectivity index (χ1v) is 6.29. The summed E-state index contributed by atoms with van der Waals surface area (Å²) in [7, 11) is 0. The molecule has 21 heavy (non-hydrogen) atoms. The second kappa shape index (κ2) is 6.43. The van der Waals surface area contributed by atoms with Crippen molar-refractivity contribution in [2.45, 2.75) is 19.7 Å². The summed E-state index contributed by atoms with van der Waals surface area (Å²) in [5.41, 5.74) is 1.77. The molecular weight excluding hydrogens is 283 g/mol. The predicted octanol–water partition coefficient (Wildman–Crippen LogP) is 3.34. The molecule has 1 heterocycles. The number of nitrogens with zero attached hydrogens (tertiary/aromatic N) is 2. The normalized spacial score (nSPS) is 11.2. The van der Waals surface area contributed by atoms with E-state index in [1.807, 2.05) is 13.0 Å². The zero-order valence-electron chi connectivity index (χ0n) is 11.3. The van der Waals surface area contributed by atoms with Crippen LogP contribution in [-0.4, -0.2) is 22.9 Å². The molecule has 1 aromatic carbocycles. The summed E-state index contributed by atoms with van der Waals surface area (Å²) in [5.74, 6) is 0.505. The van der Waals surface area contributed by atoms with E-state index in [0.717, 1.165) is 17.1 Å². The topological polar surface area (TPSA) is 47.0 Å². The molecule has 2 rings (SSSR count). The van der Waals surface area contributed by atoms with Crippen LogP contribution in [0.1, 0.15) is 11.3 Å². The van der Waals surface area contributed by atoms with E-state index < -0.39 is 6.36 Å². The number of nitrogens with one attached hydrogen (secondary N) is 1. The second-order valence-corrected chi connectivity index (χ2v) is 4.41. The highest BCUT2D eigenvalue weighted by molar-refractivity contribution is 5.35. The van der Waals surface area contributed by atoms with Crippen molar-refractivity contribution in [1.29, 1.82) is 0 Å². The number of hydrogen-bond acceptors (Lipinski definition) is 4. The Labute approximate surface area is 120 Å². The van der Waals surface area contributed by atoms with Crippen molar-refractivity contribution in [3.63, 3.8) is 0 Å². The molecule has 0 saturated heterocycles. The van der Waals surface area contributed by atoms with Gasteiger partial charge >= 0.3 is 6.36 Å². The molecule has 0 aliphatic rings. The van der Waals surface area contributed by atoms with Gasteiger partial charge in [-0.1, -0.05) is 12.1 Å². The second-order valence-electron chi connectivity index (χ2n) is 4.41. The van der Waals surface area contributed by atoms with Crippen molar-refractivity contribution in [2.24, 2.45) is 0 Å². The van der Waals surface area contributed by atoms with Gasteiger partial charge in [0.25, 0.3) is 0 Å². The molecule has 2 aromatic rings. The molecule has 0 bridgehead atoms. The van der Waals surface area contributed by atoms with Gasteiger partial charge in [-0.3, -0.25) is 0 Å². The van der Waals surface area contributed by atoms with Gasteiger partial charge in [-0.2, -0.15) is 0 Å². The maximum Gasteiger partial charge on any atom is 0.573 e. The maximum absolute atomic E-state index is 12.0. The molecule has 0 amide bonds. The summed E-state index contributed by atoms with van der Waals surface area (Å²) in [5, 5.41) is 3.12. The number of ether oxygens (including phenoxy) is 1. The van der Waals surface area contributed by atoms with Gasteiger partial charge in [0.15, 0.2) is 0 Å². The average molecular weight is 297 g/mol. The van der Waals surface area contributed by atoms with Crippen LogP contribution in [0.5, 0.6) is 5.75 Å². The summed E-state index contributed by atoms with van der Waals surface area (Å²) in [6.07, 6.45) is -2.52. The molecule has 0 fully saturated rings. The first kappa shape index (κ1) is 15.1. The largest absolute Gasteiger partial charge is 0.573 e. The monoisotopic (exact) mass is 297 g/mol. The minimum atomic E-state index is -4.66. The molecule has 0 unspecified atom stereocenters. The number of hydrogen-bond donors (Lipinski definition) is 1. The van der Waals surface area contributed by atoms with Gasteiger partial charge in [-0.25, -0.2) is 9.97 Å². The molecule has 0 aliphatic heterocycles. The van der Waals surface area contributed by atoms with E-state index in [1.54, 1.807) is 12.1 Å². The number of rotatable bonds is 5. The van der Waals surface area contributed by atoms with E-state index in [1.165, 1.54) is 18.5 Å². The fourth-order valence-corrected chi connectivity index (χ4v) is 1.74. The van der Waals surface area contributed by atoms with E-state index in [4.69, 9.17) is 0 Å². The first-order valence-electron chi connectivity index (χ1n) is 6.29. The van der Waals surface area contributed by atoms with Crippen LogP contribution in [0.4, 0.5) is 19.0 Å². The highest BCUT2D eigenvalue weighted by Crippen LogP contribution is 2.22. The maximum atomic E-state index is 12.0. The summed E-state index contributed by atoms with van der Waals surface area (Å²) >= 11 is 0. The Bertz CT molecular complexity index is 585. The van der Waals surface area contributed by atoms with Crippen molar-refractivity contribution >= 4 is 5.82 Å². The number of alkyl halides is 3. The average Bonchev–Trinajstić information content (AvgIpc) is 2.39. The van der Waals surface area contributed by atoms with Crippen molar-refractivity contribution in [1.82, 2.24) is 9.97 Å². The van der Waals surface area contributed by atoms with Crippen molar-refractivity contribution in [3.05, 3.63) is 47.9 Å². The van der Waals surface area contributed by atoms with Crippen LogP contribution in [0.2, 0.25) is 0 Å². The number of halogens is 3. The molecule has 1 aromatic heterocycles. The van der Waals surface area contributed by atoms with Crippen LogP contribution in [0, 0.1) is 6.92 Å². The van der Waals surface area contributed by atoms with E-state index in [9.17, 15) is 13.2 Å². The molecule has 0 atom stereocenters. The number of aromatic nitrogens is 2. The minimum Gasteiger partial charge on any atom is -0.406 e. The summed E-state index contributed by atoms with van der Waals surface area (Å²) in [6.45, 7) is 2.49. The Balaban J connectivity index is 1.84. The molecule has 4 nitrogen and oxygen atoms in total. The van der Waals surface area contributed by atoms with Gasteiger partial charge in [0.1, 0.15) is 17.9 Å². The minimum absolute atomic E-state index is 0.217. The standard InChI is InChI=1S/C14H14F3N3O/c1-10-8-13(20-9-19-10)18-7-6-11-2-4-12(5-3-11)21-14(15,16)17/h2-5,8-9H,6-7H2,1H3,(H,18,19,20). The van der Waals surface area contributed by atoms with Crippen LogP contribution in [0.25, 0.3) is 0 Å². The SMILES string of the molecule is Cc1cc(NCCc2ccc(OC(F)(F)F)cc2)ncn1. The lowest BCUT2D eigenvalue weighted by Crippen LogP contribution is -2.17. The zero-order valence-corrected chi connectivity index (χ0v) is 11.3. The molecule has 0 saturated carbocycles. The molecule has 0 spiro atoms.